The smallest absolute Gasteiger partial charge is 0 e. The van der Waals surface area contributed by atoms with Crippen LogP contribution in [0.25, 0.3) is 0 Å². The summed E-state index contributed by atoms with van der Waals surface area (Å²) in [6.07, 6.45) is 0. The van der Waals surface area contributed by atoms with Gasteiger partial charge in [0.1, 0.15) is 0 Å². The molecular formula is C34H52CoN4-4. The van der Waals surface area contributed by atoms with Crippen LogP contribution in [-0.4, -0.2) is 43.8 Å². The third-order valence-electron chi connectivity index (χ3n) is 6.53. The van der Waals surface area contributed by atoms with E-state index in [1.54, 1.807) is 0 Å². The Balaban J connectivity index is 0.000000518. The summed E-state index contributed by atoms with van der Waals surface area (Å²) in [6, 6.07) is 27.2. The van der Waals surface area contributed by atoms with Crippen molar-refractivity contribution in [2.24, 2.45) is 0 Å². The molecular weight excluding hydrogens is 523 g/mol. The fourth-order valence-electron chi connectivity index (χ4n) is 4.13. The molecule has 0 saturated carbocycles. The van der Waals surface area contributed by atoms with Crippen molar-refractivity contribution in [2.45, 2.75) is 107 Å². The molecule has 4 nitrogen and oxygen atoms in total. The first-order chi connectivity index (χ1) is 17.9. The molecule has 0 atom stereocenters. The van der Waals surface area contributed by atoms with E-state index in [0.717, 1.165) is 0 Å². The average Bonchev–Trinajstić information content (AvgIpc) is 3.38. The van der Waals surface area contributed by atoms with E-state index in [0.29, 0.717) is 24.2 Å². The van der Waals surface area contributed by atoms with Crippen LogP contribution in [0.1, 0.15) is 83.1 Å². The number of hydrogen-bond acceptors (Lipinski definition) is 4. The van der Waals surface area contributed by atoms with Crippen LogP contribution in [0.15, 0.2) is 83.5 Å². The largest absolute Gasteiger partial charge is 0.504 e. The van der Waals surface area contributed by atoms with Crippen LogP contribution in [0, 0.1) is 25.5 Å². The molecule has 2 heterocycles. The Hall–Kier alpha value is -2.37. The predicted octanol–water partition coefficient (Wildman–Crippen LogP) is 8.55. The normalized spacial score (nSPS) is 14.8. The van der Waals surface area contributed by atoms with Crippen molar-refractivity contribution < 1.29 is 16.8 Å². The molecule has 0 unspecified atom stereocenters. The van der Waals surface area contributed by atoms with Gasteiger partial charge in [0.2, 0.25) is 0 Å². The summed E-state index contributed by atoms with van der Waals surface area (Å²) in [4.78, 5) is 9.31. The van der Waals surface area contributed by atoms with E-state index in [4.69, 9.17) is 0 Å². The Morgan fingerprint density at radius 3 is 0.718 bits per heavy atom. The van der Waals surface area contributed by atoms with Crippen LogP contribution < -0.4 is 0 Å². The first kappa shape index (κ1) is 36.6. The van der Waals surface area contributed by atoms with Gasteiger partial charge in [-0.3, -0.25) is 0 Å². The fraction of sp³-hybridized carbons (Fsp3) is 0.471. The van der Waals surface area contributed by atoms with E-state index >= 15 is 0 Å². The molecule has 2 aliphatic heterocycles. The Labute approximate surface area is 252 Å². The van der Waals surface area contributed by atoms with Gasteiger partial charge in [0.25, 0.3) is 0 Å². The number of rotatable bonds is 4. The second kappa shape index (κ2) is 18.8. The first-order valence-corrected chi connectivity index (χ1v) is 13.9. The minimum atomic E-state index is 0. The monoisotopic (exact) mass is 575 g/mol. The molecule has 0 saturated heterocycles. The standard InChI is InChI=1S/2C11H21N2.2C6H5.Co/c2*1-8(2)12-7-13(9(3)4)11(6)10(12)5;2*1-2-4-6-5-3-1;/h2*7-9H,1-6H3;2*1-5H;/q4*-1;. The van der Waals surface area contributed by atoms with Gasteiger partial charge in [0.15, 0.2) is 0 Å². The van der Waals surface area contributed by atoms with Crippen LogP contribution in [-0.2, 0) is 16.8 Å². The molecule has 2 aliphatic rings. The molecule has 0 amide bonds. The number of nitrogens with zero attached hydrogens (tertiary/aromatic N) is 4. The molecule has 0 fully saturated rings. The van der Waals surface area contributed by atoms with Crippen molar-refractivity contribution >= 4 is 0 Å². The van der Waals surface area contributed by atoms with E-state index in [1.165, 1.54) is 22.8 Å². The van der Waals surface area contributed by atoms with Crippen molar-refractivity contribution in [3.63, 3.8) is 0 Å². The molecule has 0 aromatic heterocycles. The van der Waals surface area contributed by atoms with Gasteiger partial charge in [0.05, 0.1) is 0 Å². The summed E-state index contributed by atoms with van der Waals surface area (Å²) in [5, 5.41) is 0. The van der Waals surface area contributed by atoms with E-state index in [9.17, 15) is 0 Å². The van der Waals surface area contributed by atoms with E-state index in [1.807, 2.05) is 60.7 Å². The molecule has 0 N–H and O–H groups in total. The van der Waals surface area contributed by atoms with Gasteiger partial charge in [-0.15, -0.1) is 0 Å². The van der Waals surface area contributed by atoms with Gasteiger partial charge in [-0.1, -0.05) is 0 Å². The Kier molecular flexibility index (Phi) is 17.7. The Morgan fingerprint density at radius 2 is 0.641 bits per heavy atom. The minimum absolute atomic E-state index is 0. The van der Waals surface area contributed by atoms with Gasteiger partial charge in [-0.05, 0) is 130 Å². The summed E-state index contributed by atoms with van der Waals surface area (Å²) in [7, 11) is 0. The summed E-state index contributed by atoms with van der Waals surface area (Å²) in [5.74, 6) is 0. The van der Waals surface area contributed by atoms with Crippen LogP contribution in [0.3, 0.4) is 0 Å². The molecule has 0 spiro atoms. The van der Waals surface area contributed by atoms with Gasteiger partial charge >= 0.3 is 0 Å². The summed E-state index contributed by atoms with van der Waals surface area (Å²) in [5.41, 5.74) is 5.51. The van der Waals surface area contributed by atoms with Crippen molar-refractivity contribution in [2.75, 3.05) is 0 Å². The molecule has 39 heavy (non-hydrogen) atoms. The summed E-state index contributed by atoms with van der Waals surface area (Å²) >= 11 is 0. The maximum absolute atomic E-state index is 2.89. The topological polar surface area (TPSA) is 13.0 Å². The van der Waals surface area contributed by atoms with Crippen molar-refractivity contribution in [3.8, 4) is 0 Å². The van der Waals surface area contributed by atoms with Crippen LogP contribution in [0.5, 0.6) is 0 Å². The predicted molar refractivity (Wildman–Crippen MR) is 164 cm³/mol. The van der Waals surface area contributed by atoms with Gasteiger partial charge in [-0.2, -0.15) is 86.1 Å². The van der Waals surface area contributed by atoms with E-state index in [-0.39, 0.29) is 16.8 Å². The molecule has 4 rings (SSSR count). The van der Waals surface area contributed by atoms with Crippen molar-refractivity contribution in [1.29, 1.82) is 0 Å². The van der Waals surface area contributed by atoms with Gasteiger partial charge in [0, 0.05) is 16.8 Å². The van der Waals surface area contributed by atoms with Crippen molar-refractivity contribution in [1.82, 2.24) is 19.6 Å². The minimum Gasteiger partial charge on any atom is -0.504 e. The average molecular weight is 576 g/mol. The van der Waals surface area contributed by atoms with E-state index in [2.05, 4.69) is 128 Å². The first-order valence-electron chi connectivity index (χ1n) is 13.9. The summed E-state index contributed by atoms with van der Waals surface area (Å²) in [6.45, 7) is 31.0. The Bertz CT molecular complexity index is 775. The molecule has 0 aliphatic carbocycles. The molecule has 2 aromatic carbocycles. The zero-order chi connectivity index (χ0) is 28.8. The molecule has 221 valence electrons. The molecule has 2 aromatic rings. The second-order valence-corrected chi connectivity index (χ2v) is 10.7. The van der Waals surface area contributed by atoms with Crippen LogP contribution >= 0.6 is 0 Å². The third kappa shape index (κ3) is 12.1. The Morgan fingerprint density at radius 1 is 0.436 bits per heavy atom. The van der Waals surface area contributed by atoms with Gasteiger partial charge in [-0.25, -0.2) is 0 Å². The number of hydrogen-bond donors (Lipinski definition) is 0. The molecule has 1 radical (unpaired) electrons. The quantitative estimate of drug-likeness (QED) is 0.339. The zero-order valence-electron chi connectivity index (χ0n) is 26.4. The zero-order valence-corrected chi connectivity index (χ0v) is 27.4. The van der Waals surface area contributed by atoms with Crippen LogP contribution in [0.2, 0.25) is 0 Å². The second-order valence-electron chi connectivity index (χ2n) is 10.7. The maximum Gasteiger partial charge on any atom is 0 e. The molecule has 5 heteroatoms. The molecule has 0 bridgehead atoms. The SMILES string of the molecule is CC1=C(C)N(C(C)C)[CH-]N1C(C)C.CC1=C(C)N(C(C)C)[CH-]N1C(C)C.[Co].[c-]1ccccc1.[c-]1ccccc1. The van der Waals surface area contributed by atoms with Gasteiger partial charge < -0.3 is 19.6 Å². The number of benzene rings is 2. The number of allylic oxidation sites excluding steroid dienone is 4. The van der Waals surface area contributed by atoms with E-state index < -0.39 is 0 Å². The fourth-order valence-corrected chi connectivity index (χ4v) is 4.13. The maximum atomic E-state index is 2.89. The summed E-state index contributed by atoms with van der Waals surface area (Å²) < 4.78 is 0. The van der Waals surface area contributed by atoms with Crippen molar-refractivity contribution in [3.05, 3.63) is 109 Å². The van der Waals surface area contributed by atoms with Crippen LogP contribution in [0.4, 0.5) is 0 Å². The third-order valence-corrected chi connectivity index (χ3v) is 6.53.